The molecule has 3 atom stereocenters. The summed E-state index contributed by atoms with van der Waals surface area (Å²) in [5.41, 5.74) is 1.93. The van der Waals surface area contributed by atoms with Gasteiger partial charge in [-0.15, -0.1) is 0 Å². The lowest BCUT2D eigenvalue weighted by atomic mass is 9.78. The molecule has 31 heavy (non-hydrogen) atoms. The number of amides is 1. The highest BCUT2D eigenvalue weighted by Crippen LogP contribution is 2.29. The molecule has 0 unspecified atom stereocenters. The number of rotatable bonds is 7. The van der Waals surface area contributed by atoms with Crippen LogP contribution >= 0.6 is 0 Å². The zero-order valence-corrected chi connectivity index (χ0v) is 18.5. The second kappa shape index (κ2) is 10.8. The maximum Gasteiger partial charge on any atom is 0.339 e. The zero-order chi connectivity index (χ0) is 22.2. The lowest BCUT2D eigenvalue weighted by molar-refractivity contribution is -0.143. The standard InChI is InChI=1S/C26H31NO4/c1-18-9-7-14-24(19(18)2)27-25(28)17-31-26(29)23(21-11-5-4-6-12-21)16-20-10-8-13-22(15-20)30-3/h4-6,8,10-13,15-16,18-19,24H,7,9,14,17H2,1-3H3,(H,27,28)/b23-16+/t18-,19-,24+/m1/s1. The number of ether oxygens (including phenoxy) is 2. The summed E-state index contributed by atoms with van der Waals surface area (Å²) in [5.74, 6) is 0.908. The van der Waals surface area contributed by atoms with Crippen LogP contribution in [0.5, 0.6) is 5.75 Å². The van der Waals surface area contributed by atoms with Crippen molar-refractivity contribution >= 4 is 23.5 Å². The third-order valence-electron chi connectivity index (χ3n) is 6.10. The largest absolute Gasteiger partial charge is 0.497 e. The van der Waals surface area contributed by atoms with Crippen molar-refractivity contribution in [2.45, 2.75) is 39.2 Å². The number of methoxy groups -OCH3 is 1. The molecule has 1 N–H and O–H groups in total. The summed E-state index contributed by atoms with van der Waals surface area (Å²) in [6, 6.07) is 16.9. The first-order valence-corrected chi connectivity index (χ1v) is 10.9. The molecular weight excluding hydrogens is 390 g/mol. The van der Waals surface area contributed by atoms with Crippen molar-refractivity contribution in [1.29, 1.82) is 0 Å². The Morgan fingerprint density at radius 1 is 1.06 bits per heavy atom. The second-order valence-electron chi connectivity index (χ2n) is 8.22. The molecule has 1 amide bonds. The first-order valence-electron chi connectivity index (χ1n) is 10.9. The van der Waals surface area contributed by atoms with E-state index in [1.807, 2.05) is 54.6 Å². The summed E-state index contributed by atoms with van der Waals surface area (Å²) in [6.07, 6.45) is 5.02. The molecule has 164 valence electrons. The van der Waals surface area contributed by atoms with Gasteiger partial charge in [0.15, 0.2) is 6.61 Å². The van der Waals surface area contributed by atoms with Gasteiger partial charge in [0.1, 0.15) is 5.75 Å². The SMILES string of the molecule is COc1cccc(/C=C(/C(=O)OCC(=O)N[C@H]2CCC[C@@H](C)[C@H]2C)c2ccccc2)c1. The van der Waals surface area contributed by atoms with E-state index in [2.05, 4.69) is 19.2 Å². The van der Waals surface area contributed by atoms with E-state index >= 15 is 0 Å². The number of nitrogens with one attached hydrogen (secondary N) is 1. The normalized spacial score (nSPS) is 21.3. The Labute approximate surface area is 184 Å². The lowest BCUT2D eigenvalue weighted by Crippen LogP contribution is -2.45. The number of esters is 1. The number of carbonyl (C=O) groups excluding carboxylic acids is 2. The van der Waals surface area contributed by atoms with Crippen LogP contribution in [0.15, 0.2) is 54.6 Å². The molecule has 0 aromatic heterocycles. The minimum atomic E-state index is -0.533. The van der Waals surface area contributed by atoms with Crippen LogP contribution in [-0.2, 0) is 14.3 Å². The van der Waals surface area contributed by atoms with Crippen molar-refractivity contribution in [2.75, 3.05) is 13.7 Å². The molecule has 0 saturated heterocycles. The van der Waals surface area contributed by atoms with Gasteiger partial charge in [-0.2, -0.15) is 0 Å². The van der Waals surface area contributed by atoms with E-state index in [1.165, 1.54) is 6.42 Å². The summed E-state index contributed by atoms with van der Waals surface area (Å²) in [5, 5.41) is 3.05. The van der Waals surface area contributed by atoms with Crippen LogP contribution in [0.4, 0.5) is 0 Å². The average molecular weight is 422 g/mol. The molecule has 0 spiro atoms. The minimum Gasteiger partial charge on any atom is -0.497 e. The first kappa shape index (κ1) is 22.6. The maximum atomic E-state index is 12.9. The molecule has 5 nitrogen and oxygen atoms in total. The monoisotopic (exact) mass is 421 g/mol. The predicted molar refractivity (Wildman–Crippen MR) is 122 cm³/mol. The van der Waals surface area contributed by atoms with Crippen molar-refractivity contribution in [3.05, 3.63) is 65.7 Å². The van der Waals surface area contributed by atoms with E-state index in [4.69, 9.17) is 9.47 Å². The molecular formula is C26H31NO4. The predicted octanol–water partition coefficient (Wildman–Crippen LogP) is 4.72. The van der Waals surface area contributed by atoms with Crippen LogP contribution in [0.1, 0.15) is 44.2 Å². The number of hydrogen-bond acceptors (Lipinski definition) is 4. The molecule has 1 aliphatic carbocycles. The van der Waals surface area contributed by atoms with Crippen molar-refractivity contribution in [3.8, 4) is 5.75 Å². The van der Waals surface area contributed by atoms with Gasteiger partial charge in [0.05, 0.1) is 12.7 Å². The number of carbonyl (C=O) groups is 2. The summed E-state index contributed by atoms with van der Waals surface area (Å²) in [4.78, 5) is 25.4. The molecule has 0 radical (unpaired) electrons. The van der Waals surface area contributed by atoms with E-state index in [9.17, 15) is 9.59 Å². The van der Waals surface area contributed by atoms with Gasteiger partial charge < -0.3 is 14.8 Å². The maximum absolute atomic E-state index is 12.9. The van der Waals surface area contributed by atoms with Crippen LogP contribution in [0, 0.1) is 11.8 Å². The van der Waals surface area contributed by atoms with Crippen LogP contribution < -0.4 is 10.1 Å². The molecule has 2 aromatic rings. The average Bonchev–Trinajstić information content (AvgIpc) is 2.79. The third kappa shape index (κ3) is 6.20. The summed E-state index contributed by atoms with van der Waals surface area (Å²) in [7, 11) is 1.60. The molecule has 1 fully saturated rings. The Hall–Kier alpha value is -3.08. The molecule has 2 aromatic carbocycles. The Kier molecular flexibility index (Phi) is 7.88. The van der Waals surface area contributed by atoms with Gasteiger partial charge in [0.25, 0.3) is 5.91 Å². The Morgan fingerprint density at radius 3 is 2.58 bits per heavy atom. The highest BCUT2D eigenvalue weighted by molar-refractivity contribution is 6.21. The van der Waals surface area contributed by atoms with Crippen LogP contribution in [0.25, 0.3) is 11.6 Å². The fourth-order valence-corrected chi connectivity index (χ4v) is 4.02. The second-order valence-corrected chi connectivity index (χ2v) is 8.22. The third-order valence-corrected chi connectivity index (χ3v) is 6.10. The van der Waals surface area contributed by atoms with E-state index in [-0.39, 0.29) is 18.6 Å². The van der Waals surface area contributed by atoms with Gasteiger partial charge in [0.2, 0.25) is 0 Å². The van der Waals surface area contributed by atoms with Crippen LogP contribution in [0.2, 0.25) is 0 Å². The molecule has 3 rings (SSSR count). The number of hydrogen-bond donors (Lipinski definition) is 1. The molecule has 1 aliphatic rings. The molecule has 0 heterocycles. The van der Waals surface area contributed by atoms with Crippen molar-refractivity contribution < 1.29 is 19.1 Å². The van der Waals surface area contributed by atoms with E-state index in [1.54, 1.807) is 13.2 Å². The topological polar surface area (TPSA) is 64.6 Å². The Bertz CT molecular complexity index is 922. The quantitative estimate of drug-likeness (QED) is 0.399. The van der Waals surface area contributed by atoms with E-state index in [0.29, 0.717) is 23.2 Å². The molecule has 0 aliphatic heterocycles. The highest BCUT2D eigenvalue weighted by atomic mass is 16.5. The summed E-state index contributed by atoms with van der Waals surface area (Å²) in [6.45, 7) is 4.10. The fourth-order valence-electron chi connectivity index (χ4n) is 4.02. The zero-order valence-electron chi connectivity index (χ0n) is 18.5. The van der Waals surface area contributed by atoms with Crippen LogP contribution in [-0.4, -0.2) is 31.6 Å². The molecule has 1 saturated carbocycles. The van der Waals surface area contributed by atoms with Gasteiger partial charge >= 0.3 is 5.97 Å². The smallest absolute Gasteiger partial charge is 0.339 e. The fraction of sp³-hybridized carbons (Fsp3) is 0.385. The summed E-state index contributed by atoms with van der Waals surface area (Å²) >= 11 is 0. The van der Waals surface area contributed by atoms with Gasteiger partial charge in [-0.25, -0.2) is 4.79 Å². The molecule has 0 bridgehead atoms. The summed E-state index contributed by atoms with van der Waals surface area (Å²) < 4.78 is 10.7. The van der Waals surface area contributed by atoms with Gasteiger partial charge in [-0.3, -0.25) is 4.79 Å². The van der Waals surface area contributed by atoms with Gasteiger partial charge in [-0.05, 0) is 47.6 Å². The number of benzene rings is 2. The van der Waals surface area contributed by atoms with Crippen molar-refractivity contribution in [3.63, 3.8) is 0 Å². The highest BCUT2D eigenvalue weighted by Gasteiger charge is 2.28. The lowest BCUT2D eigenvalue weighted by Gasteiger charge is -2.34. The van der Waals surface area contributed by atoms with E-state index < -0.39 is 5.97 Å². The van der Waals surface area contributed by atoms with Gasteiger partial charge in [0, 0.05) is 6.04 Å². The van der Waals surface area contributed by atoms with Crippen molar-refractivity contribution in [1.82, 2.24) is 5.32 Å². The van der Waals surface area contributed by atoms with E-state index in [0.717, 1.165) is 24.0 Å². The van der Waals surface area contributed by atoms with Crippen LogP contribution in [0.3, 0.4) is 0 Å². The Balaban J connectivity index is 1.70. The Morgan fingerprint density at radius 2 is 1.84 bits per heavy atom. The van der Waals surface area contributed by atoms with Gasteiger partial charge in [-0.1, -0.05) is 69.2 Å². The minimum absolute atomic E-state index is 0.135. The van der Waals surface area contributed by atoms with Crippen molar-refractivity contribution in [2.24, 2.45) is 11.8 Å². The first-order chi connectivity index (χ1) is 15.0. The molecule has 5 heteroatoms.